The van der Waals surface area contributed by atoms with Crippen LogP contribution in [0.15, 0.2) is 54.6 Å². The number of benzene rings is 2. The van der Waals surface area contributed by atoms with Crippen LogP contribution < -0.4 is 4.74 Å². The molecule has 0 N–H and O–H groups in total. The molecule has 0 aliphatic carbocycles. The molecule has 2 aromatic carbocycles. The van der Waals surface area contributed by atoms with Gasteiger partial charge in [0.05, 0.1) is 0 Å². The van der Waals surface area contributed by atoms with Crippen molar-refractivity contribution < 1.29 is 9.53 Å². The number of carbonyl (C=O) groups is 1. The van der Waals surface area contributed by atoms with Crippen LogP contribution in [0.2, 0.25) is 0 Å². The summed E-state index contributed by atoms with van der Waals surface area (Å²) in [6.45, 7) is 4.35. The van der Waals surface area contributed by atoms with Gasteiger partial charge in [-0.15, -0.1) is 0 Å². The number of hydrogen-bond donors (Lipinski definition) is 0. The summed E-state index contributed by atoms with van der Waals surface area (Å²) in [7, 11) is 0. The maximum atomic E-state index is 11.7. The molecule has 0 atom stereocenters. The second kappa shape index (κ2) is 6.90. The maximum Gasteiger partial charge on any atom is 0.311 e. The number of para-hydroxylation sites is 1. The molecule has 2 rings (SSSR count). The first kappa shape index (κ1) is 14.3. The van der Waals surface area contributed by atoms with Crippen molar-refractivity contribution in [2.75, 3.05) is 0 Å². The fourth-order valence-electron chi connectivity index (χ4n) is 1.99. The molecule has 0 saturated carbocycles. The monoisotopic (exact) mass is 268 g/mol. The molecule has 0 amide bonds. The predicted molar refractivity (Wildman–Crippen MR) is 80.9 cm³/mol. The van der Waals surface area contributed by atoms with Crippen molar-refractivity contribution in [2.24, 2.45) is 0 Å². The Balaban J connectivity index is 1.84. The Bertz CT molecular complexity index is 541. The molecule has 20 heavy (non-hydrogen) atoms. The van der Waals surface area contributed by atoms with E-state index in [2.05, 4.69) is 38.1 Å². The molecule has 0 radical (unpaired) electrons. The van der Waals surface area contributed by atoms with Crippen LogP contribution in [0.1, 0.15) is 37.3 Å². The minimum atomic E-state index is -0.191. The van der Waals surface area contributed by atoms with E-state index in [1.807, 2.05) is 18.2 Å². The Labute approximate surface area is 120 Å². The van der Waals surface area contributed by atoms with Gasteiger partial charge in [0.1, 0.15) is 5.75 Å². The molecule has 0 aliphatic rings. The van der Waals surface area contributed by atoms with Crippen LogP contribution in [-0.2, 0) is 11.2 Å². The third-order valence-corrected chi connectivity index (χ3v) is 3.24. The summed E-state index contributed by atoms with van der Waals surface area (Å²) in [5, 5.41) is 0. The molecule has 0 saturated heterocycles. The van der Waals surface area contributed by atoms with E-state index in [1.54, 1.807) is 12.1 Å². The van der Waals surface area contributed by atoms with Crippen molar-refractivity contribution in [3.63, 3.8) is 0 Å². The molecular weight excluding hydrogens is 248 g/mol. The molecule has 2 nitrogen and oxygen atoms in total. The van der Waals surface area contributed by atoms with Crippen molar-refractivity contribution in [3.8, 4) is 5.75 Å². The largest absolute Gasteiger partial charge is 0.427 e. The zero-order valence-electron chi connectivity index (χ0n) is 12.0. The van der Waals surface area contributed by atoms with Gasteiger partial charge in [0.15, 0.2) is 0 Å². The zero-order chi connectivity index (χ0) is 14.4. The van der Waals surface area contributed by atoms with E-state index < -0.39 is 0 Å². The van der Waals surface area contributed by atoms with Gasteiger partial charge >= 0.3 is 5.97 Å². The Morgan fingerprint density at radius 3 is 2.25 bits per heavy atom. The lowest BCUT2D eigenvalue weighted by Crippen LogP contribution is -2.08. The topological polar surface area (TPSA) is 26.3 Å². The molecule has 2 aromatic rings. The van der Waals surface area contributed by atoms with Crippen LogP contribution in [0.25, 0.3) is 0 Å². The standard InChI is InChI=1S/C18H20O2/c1-14(2)16-11-8-15(9-12-16)10-13-18(19)20-17-6-4-3-5-7-17/h3-9,11-12,14H,10,13H2,1-2H3. The minimum Gasteiger partial charge on any atom is -0.427 e. The van der Waals surface area contributed by atoms with Gasteiger partial charge in [0, 0.05) is 6.42 Å². The Kier molecular flexibility index (Phi) is 4.94. The van der Waals surface area contributed by atoms with Gasteiger partial charge in [0.2, 0.25) is 0 Å². The number of rotatable bonds is 5. The van der Waals surface area contributed by atoms with Crippen LogP contribution in [-0.4, -0.2) is 5.97 Å². The van der Waals surface area contributed by atoms with E-state index in [0.717, 1.165) is 0 Å². The van der Waals surface area contributed by atoms with Gasteiger partial charge in [-0.25, -0.2) is 0 Å². The molecule has 0 aromatic heterocycles. The quantitative estimate of drug-likeness (QED) is 0.595. The van der Waals surface area contributed by atoms with Gasteiger partial charge in [-0.1, -0.05) is 56.3 Å². The van der Waals surface area contributed by atoms with E-state index in [4.69, 9.17) is 4.74 Å². The fraction of sp³-hybridized carbons (Fsp3) is 0.278. The molecule has 0 fully saturated rings. The number of carbonyl (C=O) groups excluding carboxylic acids is 1. The van der Waals surface area contributed by atoms with Crippen molar-refractivity contribution >= 4 is 5.97 Å². The third-order valence-electron chi connectivity index (χ3n) is 3.24. The Hall–Kier alpha value is -2.09. The van der Waals surface area contributed by atoms with Crippen molar-refractivity contribution in [2.45, 2.75) is 32.6 Å². The lowest BCUT2D eigenvalue weighted by atomic mass is 10.0. The number of aryl methyl sites for hydroxylation is 1. The summed E-state index contributed by atoms with van der Waals surface area (Å²) < 4.78 is 5.26. The molecule has 0 aliphatic heterocycles. The predicted octanol–water partition coefficient (Wildman–Crippen LogP) is 4.35. The zero-order valence-corrected chi connectivity index (χ0v) is 12.0. The highest BCUT2D eigenvalue weighted by Crippen LogP contribution is 2.16. The Morgan fingerprint density at radius 1 is 1.00 bits per heavy atom. The van der Waals surface area contributed by atoms with Crippen molar-refractivity contribution in [1.82, 2.24) is 0 Å². The maximum absolute atomic E-state index is 11.7. The third kappa shape index (κ3) is 4.23. The highest BCUT2D eigenvalue weighted by molar-refractivity contribution is 5.72. The number of ether oxygens (including phenoxy) is 1. The second-order valence-corrected chi connectivity index (χ2v) is 5.18. The van der Waals surface area contributed by atoms with E-state index in [-0.39, 0.29) is 5.97 Å². The molecule has 0 spiro atoms. The van der Waals surface area contributed by atoms with E-state index in [1.165, 1.54) is 11.1 Å². The van der Waals surface area contributed by atoms with Gasteiger partial charge in [0.25, 0.3) is 0 Å². The van der Waals surface area contributed by atoms with Gasteiger partial charge in [-0.05, 0) is 35.6 Å². The molecular formula is C18H20O2. The first-order chi connectivity index (χ1) is 9.65. The van der Waals surface area contributed by atoms with Gasteiger partial charge in [-0.3, -0.25) is 4.79 Å². The average molecular weight is 268 g/mol. The normalized spacial score (nSPS) is 10.6. The summed E-state index contributed by atoms with van der Waals surface area (Å²) in [5.41, 5.74) is 2.49. The highest BCUT2D eigenvalue weighted by Gasteiger charge is 2.05. The van der Waals surface area contributed by atoms with Crippen LogP contribution in [0.4, 0.5) is 0 Å². The SMILES string of the molecule is CC(C)c1ccc(CCC(=O)Oc2ccccc2)cc1. The molecule has 0 bridgehead atoms. The highest BCUT2D eigenvalue weighted by atomic mass is 16.5. The van der Waals surface area contributed by atoms with Crippen LogP contribution >= 0.6 is 0 Å². The summed E-state index contributed by atoms with van der Waals surface area (Å²) in [6, 6.07) is 17.6. The van der Waals surface area contributed by atoms with Crippen LogP contribution in [0.5, 0.6) is 5.75 Å². The molecule has 0 unspecified atom stereocenters. The summed E-state index contributed by atoms with van der Waals surface area (Å²) in [5.74, 6) is 0.948. The number of hydrogen-bond acceptors (Lipinski definition) is 2. The molecule has 2 heteroatoms. The Morgan fingerprint density at radius 2 is 1.65 bits per heavy atom. The van der Waals surface area contributed by atoms with Crippen molar-refractivity contribution in [1.29, 1.82) is 0 Å². The van der Waals surface area contributed by atoms with Crippen LogP contribution in [0.3, 0.4) is 0 Å². The lowest BCUT2D eigenvalue weighted by Gasteiger charge is -2.07. The van der Waals surface area contributed by atoms with Gasteiger partial charge < -0.3 is 4.74 Å². The number of esters is 1. The van der Waals surface area contributed by atoms with E-state index in [9.17, 15) is 4.79 Å². The average Bonchev–Trinajstić information content (AvgIpc) is 2.46. The molecule has 0 heterocycles. The van der Waals surface area contributed by atoms with E-state index in [0.29, 0.717) is 24.5 Å². The fourth-order valence-corrected chi connectivity index (χ4v) is 1.99. The first-order valence-corrected chi connectivity index (χ1v) is 6.99. The molecule has 104 valence electrons. The summed E-state index contributed by atoms with van der Waals surface area (Å²) in [4.78, 5) is 11.7. The lowest BCUT2D eigenvalue weighted by molar-refractivity contribution is -0.134. The summed E-state index contributed by atoms with van der Waals surface area (Å²) >= 11 is 0. The first-order valence-electron chi connectivity index (χ1n) is 6.99. The van der Waals surface area contributed by atoms with Gasteiger partial charge in [-0.2, -0.15) is 0 Å². The van der Waals surface area contributed by atoms with Crippen LogP contribution in [0, 0.1) is 0 Å². The minimum absolute atomic E-state index is 0.191. The smallest absolute Gasteiger partial charge is 0.311 e. The van der Waals surface area contributed by atoms with E-state index >= 15 is 0 Å². The second-order valence-electron chi connectivity index (χ2n) is 5.18. The van der Waals surface area contributed by atoms with Crippen molar-refractivity contribution in [3.05, 3.63) is 65.7 Å². The summed E-state index contributed by atoms with van der Waals surface area (Å²) in [6.07, 6.45) is 1.11.